The highest BCUT2D eigenvalue weighted by molar-refractivity contribution is 7.14. The number of hydrogen-bond acceptors (Lipinski definition) is 10. The summed E-state index contributed by atoms with van der Waals surface area (Å²) in [6.45, 7) is 1.45. The maximum Gasteiger partial charge on any atom is 0.327 e. The van der Waals surface area contributed by atoms with Gasteiger partial charge in [-0.2, -0.15) is 0 Å². The predicted octanol–water partition coefficient (Wildman–Crippen LogP) is 5.19. The highest BCUT2D eigenvalue weighted by Crippen LogP contribution is 2.41. The molecule has 260 valence electrons. The van der Waals surface area contributed by atoms with Gasteiger partial charge in [0.25, 0.3) is 0 Å². The van der Waals surface area contributed by atoms with Crippen LogP contribution in [0.3, 0.4) is 0 Å². The highest BCUT2D eigenvalue weighted by atomic mass is 35.5. The van der Waals surface area contributed by atoms with Crippen LogP contribution in [0.1, 0.15) is 68.0 Å². The van der Waals surface area contributed by atoms with E-state index in [2.05, 4.69) is 10.2 Å². The maximum absolute atomic E-state index is 13.5. The third-order valence-electron chi connectivity index (χ3n) is 8.85. The lowest BCUT2D eigenvalue weighted by Crippen LogP contribution is -2.41. The molecule has 1 aliphatic heterocycles. The Balaban J connectivity index is 1.47. The average Bonchev–Trinajstić information content (AvgIpc) is 3.52. The van der Waals surface area contributed by atoms with Gasteiger partial charge in [0.05, 0.1) is 25.1 Å². The van der Waals surface area contributed by atoms with Crippen LogP contribution in [-0.4, -0.2) is 62.5 Å². The topological polar surface area (TPSA) is 124 Å². The number of nitrogens with zero attached hydrogens (tertiary/aromatic N) is 2. The van der Waals surface area contributed by atoms with Crippen LogP contribution in [0.5, 0.6) is 11.5 Å². The van der Waals surface area contributed by atoms with Gasteiger partial charge in [0, 0.05) is 33.7 Å². The zero-order chi connectivity index (χ0) is 35.1. The van der Waals surface area contributed by atoms with E-state index in [9.17, 15) is 19.9 Å². The van der Waals surface area contributed by atoms with Gasteiger partial charge in [0.1, 0.15) is 22.7 Å². The monoisotopic (exact) mass is 727 g/mol. The SMILES string of the molecule is COc1ccc([C@H](Cc2c(Cl)c[n+](O)cc2Cl)c2cc(CNC(C(=O)OC[C@H]3CCCCN3C)c3ccccc3)sc2C(=O)[O-])cc1OC. The Morgan fingerprint density at radius 1 is 1.04 bits per heavy atom. The first-order chi connectivity index (χ1) is 23.6. The summed E-state index contributed by atoms with van der Waals surface area (Å²) in [5.41, 5.74) is 2.43. The summed E-state index contributed by atoms with van der Waals surface area (Å²) in [6.07, 6.45) is 6.01. The van der Waals surface area contributed by atoms with Gasteiger partial charge in [-0.1, -0.05) is 66.0 Å². The number of carboxylic acid groups (broad SMARTS) is 1. The van der Waals surface area contributed by atoms with Crippen molar-refractivity contribution in [3.8, 4) is 11.5 Å². The van der Waals surface area contributed by atoms with Crippen molar-refractivity contribution in [2.75, 3.05) is 34.4 Å². The molecule has 0 amide bonds. The number of nitrogens with one attached hydrogen (secondary N) is 1. The molecule has 0 saturated carbocycles. The van der Waals surface area contributed by atoms with Crippen molar-refractivity contribution < 1.29 is 38.8 Å². The number of esters is 1. The second-order valence-corrected chi connectivity index (χ2v) is 13.9. The van der Waals surface area contributed by atoms with E-state index in [1.54, 1.807) is 18.2 Å². The van der Waals surface area contributed by atoms with Gasteiger partial charge in [-0.3, -0.25) is 10.5 Å². The summed E-state index contributed by atoms with van der Waals surface area (Å²) < 4.78 is 17.6. The summed E-state index contributed by atoms with van der Waals surface area (Å²) in [5, 5.41) is 26.3. The number of pyridine rings is 1. The van der Waals surface area contributed by atoms with Gasteiger partial charge in [-0.05, 0) is 67.7 Å². The summed E-state index contributed by atoms with van der Waals surface area (Å²) in [5.74, 6) is -1.36. The average molecular weight is 729 g/mol. The zero-order valence-corrected chi connectivity index (χ0v) is 29.8. The van der Waals surface area contributed by atoms with E-state index in [1.807, 2.05) is 43.4 Å². The normalized spacial score (nSPS) is 16.1. The molecule has 1 unspecified atom stereocenters. The molecule has 2 N–H and O–H groups in total. The molecule has 0 bridgehead atoms. The number of carbonyl (C=O) groups excluding carboxylic acids is 2. The molecule has 3 heterocycles. The van der Waals surface area contributed by atoms with Gasteiger partial charge >= 0.3 is 5.97 Å². The largest absolute Gasteiger partial charge is 0.544 e. The van der Waals surface area contributed by atoms with Crippen LogP contribution in [0.25, 0.3) is 0 Å². The third kappa shape index (κ3) is 8.84. The maximum atomic E-state index is 13.5. The molecule has 10 nitrogen and oxygen atoms in total. The van der Waals surface area contributed by atoms with Crippen LogP contribution in [-0.2, 0) is 22.5 Å². The number of aromatic nitrogens is 1. The number of rotatable bonds is 14. The van der Waals surface area contributed by atoms with Crippen LogP contribution in [0, 0.1) is 0 Å². The second kappa shape index (κ2) is 16.7. The number of benzene rings is 2. The van der Waals surface area contributed by atoms with Gasteiger partial charge in [0.2, 0.25) is 12.4 Å². The summed E-state index contributed by atoms with van der Waals surface area (Å²) >= 11 is 14.1. The van der Waals surface area contributed by atoms with E-state index in [-0.39, 0.29) is 33.9 Å². The first kappa shape index (κ1) is 36.4. The molecule has 1 aliphatic rings. The third-order valence-corrected chi connectivity index (χ3v) is 10.6. The van der Waals surface area contributed by atoms with Gasteiger partial charge in [-0.25, -0.2) is 4.79 Å². The number of aromatic carboxylic acids is 1. The van der Waals surface area contributed by atoms with Crippen LogP contribution < -0.4 is 24.6 Å². The Morgan fingerprint density at radius 2 is 1.76 bits per heavy atom. The lowest BCUT2D eigenvalue weighted by molar-refractivity contribution is -0.904. The number of ether oxygens (including phenoxy) is 3. The van der Waals surface area contributed by atoms with Crippen molar-refractivity contribution in [1.82, 2.24) is 10.2 Å². The summed E-state index contributed by atoms with van der Waals surface area (Å²) in [7, 11) is 5.09. The van der Waals surface area contributed by atoms with Gasteiger partial charge < -0.3 is 29.0 Å². The smallest absolute Gasteiger partial charge is 0.327 e. The lowest BCUT2D eigenvalue weighted by Gasteiger charge is -2.32. The van der Waals surface area contributed by atoms with E-state index in [1.165, 1.54) is 26.6 Å². The number of likely N-dealkylation sites (N-methyl/N-ethyl adjacent to an activating group) is 1. The molecular formula is C36H39Cl2N3O7S. The standard InChI is InChI=1S/C36H39Cl2N3O7S/c1-40-14-8-7-11-24(40)21-48-36(44)33(22-9-5-4-6-10-22)39-18-25-16-27(34(49-25)35(42)43)26(17-28-29(37)19-41(45)20-30(28)38)23-12-13-31(46-2)32(15-23)47-3/h4-6,9-10,12-13,15-16,19-20,24,26,33,39H,7-8,11,14,17-18,21H2,1-3H3,(H-,42,43,45)/t24-,26+,33?/m1/s1. The molecule has 1 saturated heterocycles. The number of piperidine rings is 1. The summed E-state index contributed by atoms with van der Waals surface area (Å²) in [4.78, 5) is 29.1. The van der Waals surface area contributed by atoms with E-state index >= 15 is 0 Å². The molecule has 49 heavy (non-hydrogen) atoms. The fraction of sp³-hybridized carbons (Fsp3) is 0.361. The number of halogens is 2. The minimum absolute atomic E-state index is 0.0242. The Kier molecular flexibility index (Phi) is 12.4. The molecule has 4 aromatic rings. The molecule has 3 atom stereocenters. The Morgan fingerprint density at radius 3 is 2.41 bits per heavy atom. The molecule has 13 heteroatoms. The van der Waals surface area contributed by atoms with Crippen LogP contribution in [0.4, 0.5) is 0 Å². The van der Waals surface area contributed by atoms with E-state index in [4.69, 9.17) is 37.4 Å². The number of hydrogen-bond donors (Lipinski definition) is 2. The van der Waals surface area contributed by atoms with Crippen LogP contribution in [0.15, 0.2) is 67.0 Å². The van der Waals surface area contributed by atoms with Crippen molar-refractivity contribution in [3.63, 3.8) is 0 Å². The van der Waals surface area contributed by atoms with E-state index in [0.717, 1.165) is 47.4 Å². The first-order valence-corrected chi connectivity index (χ1v) is 17.5. The fourth-order valence-corrected chi connectivity index (χ4v) is 7.79. The molecule has 2 aromatic heterocycles. The summed E-state index contributed by atoms with van der Waals surface area (Å²) in [6, 6.07) is 15.8. The lowest BCUT2D eigenvalue weighted by atomic mass is 9.85. The first-order valence-electron chi connectivity index (χ1n) is 15.9. The molecule has 0 aliphatic carbocycles. The van der Waals surface area contributed by atoms with Gasteiger partial charge in [0.15, 0.2) is 11.5 Å². The van der Waals surface area contributed by atoms with Crippen LogP contribution >= 0.6 is 34.5 Å². The molecule has 0 radical (unpaired) electrons. The number of carboxylic acids is 1. The number of carbonyl (C=O) groups is 2. The highest BCUT2D eigenvalue weighted by Gasteiger charge is 2.29. The van der Waals surface area contributed by atoms with Crippen molar-refractivity contribution in [2.24, 2.45) is 0 Å². The van der Waals surface area contributed by atoms with Crippen molar-refractivity contribution in [3.05, 3.63) is 109 Å². The van der Waals surface area contributed by atoms with Crippen molar-refractivity contribution >= 4 is 46.5 Å². The molecular weight excluding hydrogens is 689 g/mol. The Labute approximate surface area is 299 Å². The zero-order valence-electron chi connectivity index (χ0n) is 27.5. The van der Waals surface area contributed by atoms with E-state index < -0.39 is 23.9 Å². The number of methoxy groups -OCH3 is 2. The minimum atomic E-state index is -1.34. The van der Waals surface area contributed by atoms with Crippen LogP contribution in [0.2, 0.25) is 10.0 Å². The minimum Gasteiger partial charge on any atom is -0.544 e. The Bertz CT molecular complexity index is 1750. The number of thiophene rings is 1. The van der Waals surface area contributed by atoms with Gasteiger partial charge in [-0.15, -0.1) is 11.3 Å². The quantitative estimate of drug-likeness (QED) is 0.103. The number of likely N-dealkylation sites (tertiary alicyclic amines) is 1. The molecule has 1 fully saturated rings. The molecule has 5 rings (SSSR count). The van der Waals surface area contributed by atoms with Crippen molar-refractivity contribution in [2.45, 2.75) is 50.2 Å². The van der Waals surface area contributed by atoms with Crippen molar-refractivity contribution in [1.29, 1.82) is 0 Å². The Hall–Kier alpha value is -3.87. The van der Waals surface area contributed by atoms with E-state index in [0.29, 0.717) is 39.7 Å². The molecule has 2 aromatic carbocycles. The fourth-order valence-electron chi connectivity index (χ4n) is 6.18. The molecule has 0 spiro atoms. The second-order valence-electron chi connectivity index (χ2n) is 12.0. The predicted molar refractivity (Wildman–Crippen MR) is 185 cm³/mol.